The van der Waals surface area contributed by atoms with Crippen molar-refractivity contribution in [3.63, 3.8) is 0 Å². The molecule has 1 aliphatic carbocycles. The normalized spacial score (nSPS) is 29.7. The largest absolute Gasteiger partial charge is 0.373 e. The molecule has 0 atom stereocenters. The highest BCUT2D eigenvalue weighted by Gasteiger charge is 2.40. The molecular weight excluding hydrogens is 217 g/mol. The third-order valence-corrected chi connectivity index (χ3v) is 3.78. The quantitative estimate of drug-likeness (QED) is 0.794. The van der Waals surface area contributed by atoms with Crippen molar-refractivity contribution in [2.45, 2.75) is 37.8 Å². The summed E-state index contributed by atoms with van der Waals surface area (Å²) in [5.74, 6) is 0. The number of hydrogen-bond donors (Lipinski definition) is 0. The van der Waals surface area contributed by atoms with Crippen LogP contribution in [0.5, 0.6) is 0 Å². The van der Waals surface area contributed by atoms with Gasteiger partial charge in [-0.15, -0.1) is 0 Å². The third-order valence-electron chi connectivity index (χ3n) is 3.78. The maximum absolute atomic E-state index is 12.7. The van der Waals surface area contributed by atoms with Crippen molar-refractivity contribution >= 4 is 0 Å². The van der Waals surface area contributed by atoms with Crippen molar-refractivity contribution in [2.75, 3.05) is 13.1 Å². The van der Waals surface area contributed by atoms with Gasteiger partial charge in [0.2, 0.25) is 0 Å². The van der Waals surface area contributed by atoms with E-state index in [0.29, 0.717) is 31.8 Å². The summed E-state index contributed by atoms with van der Waals surface area (Å²) >= 11 is 0. The Morgan fingerprint density at radius 1 is 1.18 bits per heavy atom. The minimum atomic E-state index is -0.584. The molecule has 0 bridgehead atoms. The van der Waals surface area contributed by atoms with Gasteiger partial charge < -0.3 is 4.74 Å². The first-order valence-corrected chi connectivity index (χ1v) is 6.35. The molecule has 2 aliphatic rings. The highest BCUT2D eigenvalue weighted by Crippen LogP contribution is 2.32. The first-order chi connectivity index (χ1) is 8.31. The first-order valence-electron chi connectivity index (χ1n) is 6.35. The van der Waals surface area contributed by atoms with Gasteiger partial charge in [-0.2, -0.15) is 0 Å². The monoisotopic (exact) mass is 235 g/mol. The fourth-order valence-corrected chi connectivity index (χ4v) is 2.51. The average molecular weight is 235 g/mol. The van der Waals surface area contributed by atoms with Crippen LogP contribution in [0.2, 0.25) is 0 Å². The van der Waals surface area contributed by atoms with Crippen LogP contribution in [0.25, 0.3) is 0 Å². The Morgan fingerprint density at radius 3 is 2.53 bits per heavy atom. The maximum Gasteiger partial charge on any atom is 0.125 e. The summed E-state index contributed by atoms with van der Waals surface area (Å²) in [6, 6.07) is 10.8. The standard InChI is InChI=1S/C14H18FNO/c15-12-8-16(9-12)13-6-14(7-13)17-10-11-4-2-1-3-5-11/h1-5,12-14H,6-10H2. The molecule has 0 spiro atoms. The molecule has 0 N–H and O–H groups in total. The van der Waals surface area contributed by atoms with Crippen LogP contribution in [-0.4, -0.2) is 36.3 Å². The van der Waals surface area contributed by atoms with Crippen LogP contribution in [0.15, 0.2) is 30.3 Å². The molecule has 1 saturated carbocycles. The molecule has 0 radical (unpaired) electrons. The topological polar surface area (TPSA) is 12.5 Å². The summed E-state index contributed by atoms with van der Waals surface area (Å²) in [6.07, 6.45) is 1.93. The second kappa shape index (κ2) is 4.75. The van der Waals surface area contributed by atoms with Crippen LogP contribution in [0.4, 0.5) is 4.39 Å². The maximum atomic E-state index is 12.7. The predicted molar refractivity (Wildman–Crippen MR) is 64.5 cm³/mol. The van der Waals surface area contributed by atoms with Crippen molar-refractivity contribution in [3.8, 4) is 0 Å². The lowest BCUT2D eigenvalue weighted by Crippen LogP contribution is -2.58. The molecule has 0 unspecified atom stereocenters. The lowest BCUT2D eigenvalue weighted by atomic mass is 9.86. The minimum Gasteiger partial charge on any atom is -0.373 e. The van der Waals surface area contributed by atoms with Crippen LogP contribution < -0.4 is 0 Å². The summed E-state index contributed by atoms with van der Waals surface area (Å²) in [4.78, 5) is 2.23. The molecule has 1 aromatic carbocycles. The van der Waals surface area contributed by atoms with E-state index >= 15 is 0 Å². The van der Waals surface area contributed by atoms with Gasteiger partial charge in [0.15, 0.2) is 0 Å². The zero-order valence-electron chi connectivity index (χ0n) is 9.89. The smallest absolute Gasteiger partial charge is 0.125 e. The van der Waals surface area contributed by atoms with E-state index in [0.717, 1.165) is 12.8 Å². The lowest BCUT2D eigenvalue weighted by molar-refractivity contribution is -0.0897. The number of rotatable bonds is 4. The zero-order chi connectivity index (χ0) is 11.7. The second-order valence-corrected chi connectivity index (χ2v) is 5.10. The Hall–Kier alpha value is -0.930. The van der Waals surface area contributed by atoms with E-state index in [1.165, 1.54) is 5.56 Å². The van der Waals surface area contributed by atoms with E-state index in [9.17, 15) is 4.39 Å². The van der Waals surface area contributed by atoms with Crippen molar-refractivity contribution in [3.05, 3.63) is 35.9 Å². The second-order valence-electron chi connectivity index (χ2n) is 5.10. The number of halogens is 1. The van der Waals surface area contributed by atoms with E-state index in [4.69, 9.17) is 4.74 Å². The van der Waals surface area contributed by atoms with Crippen molar-refractivity contribution < 1.29 is 9.13 Å². The molecular formula is C14H18FNO. The summed E-state index contributed by atoms with van der Waals surface area (Å²) in [7, 11) is 0. The Morgan fingerprint density at radius 2 is 1.88 bits per heavy atom. The highest BCUT2D eigenvalue weighted by atomic mass is 19.1. The molecule has 1 heterocycles. The van der Waals surface area contributed by atoms with Crippen LogP contribution in [0, 0.1) is 0 Å². The third kappa shape index (κ3) is 2.50. The van der Waals surface area contributed by atoms with Crippen molar-refractivity contribution in [1.29, 1.82) is 0 Å². The minimum absolute atomic E-state index is 0.374. The molecule has 3 rings (SSSR count). The fourth-order valence-electron chi connectivity index (χ4n) is 2.51. The Bertz CT molecular complexity index is 358. The Balaban J connectivity index is 1.36. The van der Waals surface area contributed by atoms with Gasteiger partial charge in [-0.3, -0.25) is 4.90 Å². The molecule has 1 saturated heterocycles. The van der Waals surface area contributed by atoms with E-state index in [1.54, 1.807) is 0 Å². The summed E-state index contributed by atoms with van der Waals surface area (Å²) in [5.41, 5.74) is 1.23. The number of nitrogens with zero attached hydrogens (tertiary/aromatic N) is 1. The number of likely N-dealkylation sites (tertiary alicyclic amines) is 1. The molecule has 0 amide bonds. The molecule has 0 aromatic heterocycles. The van der Waals surface area contributed by atoms with Crippen LogP contribution >= 0.6 is 0 Å². The molecule has 1 aromatic rings. The molecule has 17 heavy (non-hydrogen) atoms. The summed E-state index contributed by atoms with van der Waals surface area (Å²) in [6.45, 7) is 1.97. The van der Waals surface area contributed by atoms with Crippen molar-refractivity contribution in [1.82, 2.24) is 4.90 Å². The van der Waals surface area contributed by atoms with E-state index < -0.39 is 6.17 Å². The molecule has 2 fully saturated rings. The lowest BCUT2D eigenvalue weighted by Gasteiger charge is -2.48. The van der Waals surface area contributed by atoms with Gasteiger partial charge in [0.25, 0.3) is 0 Å². The van der Waals surface area contributed by atoms with Crippen LogP contribution in [-0.2, 0) is 11.3 Å². The van der Waals surface area contributed by atoms with Gasteiger partial charge in [0.05, 0.1) is 12.7 Å². The van der Waals surface area contributed by atoms with Gasteiger partial charge in [0, 0.05) is 19.1 Å². The SMILES string of the molecule is FC1CN(C2CC(OCc3ccccc3)C2)C1. The highest BCUT2D eigenvalue weighted by molar-refractivity contribution is 5.13. The van der Waals surface area contributed by atoms with E-state index in [1.807, 2.05) is 18.2 Å². The molecule has 2 nitrogen and oxygen atoms in total. The van der Waals surface area contributed by atoms with Gasteiger partial charge in [-0.05, 0) is 18.4 Å². The average Bonchev–Trinajstić information content (AvgIpc) is 2.25. The van der Waals surface area contributed by atoms with Crippen molar-refractivity contribution in [2.24, 2.45) is 0 Å². The predicted octanol–water partition coefficient (Wildman–Crippen LogP) is 2.39. The number of ether oxygens (including phenoxy) is 1. The Labute approximate surface area is 101 Å². The first kappa shape index (κ1) is 11.2. The number of alkyl halides is 1. The summed E-state index contributed by atoms with van der Waals surface area (Å²) < 4.78 is 18.5. The number of benzene rings is 1. The van der Waals surface area contributed by atoms with Crippen LogP contribution in [0.3, 0.4) is 0 Å². The van der Waals surface area contributed by atoms with Gasteiger partial charge in [0.1, 0.15) is 6.17 Å². The van der Waals surface area contributed by atoms with Gasteiger partial charge >= 0.3 is 0 Å². The zero-order valence-corrected chi connectivity index (χ0v) is 9.89. The van der Waals surface area contributed by atoms with Gasteiger partial charge in [-0.25, -0.2) is 4.39 Å². The summed E-state index contributed by atoms with van der Waals surface area (Å²) in [5, 5.41) is 0. The molecule has 3 heteroatoms. The molecule has 92 valence electrons. The van der Waals surface area contributed by atoms with E-state index in [-0.39, 0.29) is 0 Å². The number of hydrogen-bond acceptors (Lipinski definition) is 2. The fraction of sp³-hybridized carbons (Fsp3) is 0.571. The Kier molecular flexibility index (Phi) is 3.12. The van der Waals surface area contributed by atoms with Gasteiger partial charge in [-0.1, -0.05) is 30.3 Å². The molecule has 1 aliphatic heterocycles. The van der Waals surface area contributed by atoms with E-state index in [2.05, 4.69) is 17.0 Å². The van der Waals surface area contributed by atoms with Crippen LogP contribution in [0.1, 0.15) is 18.4 Å².